The molecule has 2 aromatic heterocycles. The molecule has 10 heteroatoms. The fourth-order valence-corrected chi connectivity index (χ4v) is 5.55. The number of hydrogen-bond donors (Lipinski definition) is 2. The zero-order valence-electron chi connectivity index (χ0n) is 22.1. The Balaban J connectivity index is 0.000000260. The summed E-state index contributed by atoms with van der Waals surface area (Å²) in [6.45, 7) is 0.202. The third kappa shape index (κ3) is 10.4. The Bertz CT molecular complexity index is 1110. The van der Waals surface area contributed by atoms with Crippen LogP contribution in [0.4, 0.5) is 13.2 Å². The number of hydrogen-bond acceptors (Lipinski definition) is 5. The summed E-state index contributed by atoms with van der Waals surface area (Å²) in [7, 11) is -1.51. The first-order valence-corrected chi connectivity index (χ1v) is 14.8. The smallest absolute Gasteiger partial charge is 0.422 e. The Morgan fingerprint density at radius 3 is 2.21 bits per heavy atom. The van der Waals surface area contributed by atoms with Gasteiger partial charge in [0, 0.05) is 17.8 Å². The van der Waals surface area contributed by atoms with Crippen LogP contribution < -0.4 is 10.5 Å². The van der Waals surface area contributed by atoms with E-state index in [4.69, 9.17) is 10.5 Å². The number of nitrogens with two attached hydrogens (primary N) is 1. The van der Waals surface area contributed by atoms with Crippen LogP contribution in [0.15, 0.2) is 41.7 Å². The number of para-hydroxylation sites is 2. The number of nitrogens with one attached hydrogen (secondary N) is 1. The largest absolute Gasteiger partial charge is 0.484 e. The first-order chi connectivity index (χ1) is 18.2. The van der Waals surface area contributed by atoms with Gasteiger partial charge >= 0.3 is 6.18 Å². The minimum absolute atomic E-state index is 0.0227. The molecular formula is C28H39F3N4O2S. The van der Waals surface area contributed by atoms with E-state index in [0.29, 0.717) is 28.0 Å². The Morgan fingerprint density at radius 2 is 1.61 bits per heavy atom. The summed E-state index contributed by atoms with van der Waals surface area (Å²) in [6.07, 6.45) is 12.2. The van der Waals surface area contributed by atoms with E-state index in [1.165, 1.54) is 82.9 Å². The monoisotopic (exact) mass is 552 g/mol. The zero-order valence-corrected chi connectivity index (χ0v) is 22.9. The summed E-state index contributed by atoms with van der Waals surface area (Å²) >= 11 is 0. The van der Waals surface area contributed by atoms with Gasteiger partial charge in [0.05, 0.1) is 33.3 Å². The van der Waals surface area contributed by atoms with Crippen molar-refractivity contribution in [2.24, 2.45) is 5.73 Å². The van der Waals surface area contributed by atoms with Gasteiger partial charge in [-0.05, 0) is 38.0 Å². The van der Waals surface area contributed by atoms with Gasteiger partial charge in [-0.1, -0.05) is 69.9 Å². The van der Waals surface area contributed by atoms with Crippen molar-refractivity contribution < 1.29 is 22.1 Å². The van der Waals surface area contributed by atoms with Crippen LogP contribution in [-0.4, -0.2) is 38.0 Å². The second-order valence-corrected chi connectivity index (χ2v) is 11.2. The summed E-state index contributed by atoms with van der Waals surface area (Å²) in [4.78, 5) is 11.3. The highest BCUT2D eigenvalue weighted by Gasteiger charge is 2.29. The van der Waals surface area contributed by atoms with Gasteiger partial charge in [-0.3, -0.25) is 9.19 Å². The normalized spacial score (nSPS) is 17.1. The van der Waals surface area contributed by atoms with E-state index >= 15 is 0 Å². The Hall–Kier alpha value is -2.46. The van der Waals surface area contributed by atoms with Gasteiger partial charge < -0.3 is 15.5 Å². The van der Waals surface area contributed by atoms with Gasteiger partial charge in [0.25, 0.3) is 0 Å². The number of aromatic nitrogens is 3. The lowest BCUT2D eigenvalue weighted by atomic mass is 9.99. The van der Waals surface area contributed by atoms with Crippen LogP contribution in [0.25, 0.3) is 11.0 Å². The summed E-state index contributed by atoms with van der Waals surface area (Å²) in [5.74, 6) is 0.0958. The van der Waals surface area contributed by atoms with E-state index in [0.717, 1.165) is 5.52 Å². The molecule has 1 fully saturated rings. The molecule has 0 amide bonds. The van der Waals surface area contributed by atoms with Crippen LogP contribution >= 0.6 is 0 Å². The lowest BCUT2D eigenvalue weighted by molar-refractivity contribution is -0.153. The topological polar surface area (TPSA) is 93.9 Å². The molecule has 210 valence electrons. The van der Waals surface area contributed by atoms with E-state index in [9.17, 15) is 17.4 Å². The van der Waals surface area contributed by atoms with Crippen molar-refractivity contribution in [3.63, 3.8) is 0 Å². The summed E-state index contributed by atoms with van der Waals surface area (Å²) in [5, 5.41) is 0.295. The van der Waals surface area contributed by atoms with Crippen LogP contribution in [0.2, 0.25) is 0 Å². The van der Waals surface area contributed by atoms with Crippen molar-refractivity contribution in [1.29, 1.82) is 0 Å². The van der Waals surface area contributed by atoms with Gasteiger partial charge in [0.2, 0.25) is 0 Å². The van der Waals surface area contributed by atoms with E-state index in [2.05, 4.69) is 15.0 Å². The third-order valence-corrected chi connectivity index (χ3v) is 7.81. The van der Waals surface area contributed by atoms with Crippen LogP contribution in [0.3, 0.4) is 0 Å². The standard InChI is InChI=1S/C16H14F3N3O2S.C12H25N/c1-10-13(20-7-6-14(10)24-9-16(17,18)19)8-25(23)15-21-11-4-2-3-5-12(11)22-15;13-12-10-8-6-4-2-1-3-5-7-9-11-12/h2-7H,8-9H2,1H3,(H,21,22);12H,1-11,13H2. The minimum atomic E-state index is -4.42. The summed E-state index contributed by atoms with van der Waals surface area (Å²) in [6, 6.07) is 9.12. The van der Waals surface area contributed by atoms with Gasteiger partial charge in [-0.2, -0.15) is 13.2 Å². The van der Waals surface area contributed by atoms with Gasteiger partial charge in [0.15, 0.2) is 11.8 Å². The molecule has 1 atom stereocenters. The molecule has 1 aliphatic carbocycles. The Morgan fingerprint density at radius 1 is 1.00 bits per heavy atom. The van der Waals surface area contributed by atoms with Gasteiger partial charge in [0.1, 0.15) is 5.75 Å². The van der Waals surface area contributed by atoms with Crippen LogP contribution in [0.5, 0.6) is 5.75 Å². The molecule has 1 saturated carbocycles. The highest BCUT2D eigenvalue weighted by atomic mass is 32.2. The second-order valence-electron chi connectivity index (χ2n) is 9.85. The number of pyridine rings is 1. The van der Waals surface area contributed by atoms with E-state index in [1.807, 2.05) is 18.2 Å². The van der Waals surface area contributed by atoms with Crippen molar-refractivity contribution in [2.75, 3.05) is 6.61 Å². The number of halogens is 3. The predicted octanol–water partition coefficient (Wildman–Crippen LogP) is 7.13. The average Bonchev–Trinajstić information content (AvgIpc) is 3.31. The van der Waals surface area contributed by atoms with Gasteiger partial charge in [-0.15, -0.1) is 0 Å². The molecular weight excluding hydrogens is 513 g/mol. The highest BCUT2D eigenvalue weighted by molar-refractivity contribution is 7.84. The van der Waals surface area contributed by atoms with Crippen molar-refractivity contribution in [3.05, 3.63) is 47.8 Å². The molecule has 4 rings (SSSR count). The third-order valence-electron chi connectivity index (χ3n) is 6.65. The maximum Gasteiger partial charge on any atom is 0.422 e. The van der Waals surface area contributed by atoms with Crippen molar-refractivity contribution in [2.45, 2.75) is 101 Å². The van der Waals surface area contributed by atoms with Crippen molar-refractivity contribution in [1.82, 2.24) is 15.0 Å². The molecule has 6 nitrogen and oxygen atoms in total. The number of aromatic amines is 1. The maximum absolute atomic E-state index is 12.5. The molecule has 3 N–H and O–H groups in total. The molecule has 38 heavy (non-hydrogen) atoms. The first kappa shape index (κ1) is 30.1. The maximum atomic E-state index is 12.5. The van der Waals surface area contributed by atoms with Crippen LogP contribution in [0.1, 0.15) is 81.9 Å². The minimum Gasteiger partial charge on any atom is -0.484 e. The van der Waals surface area contributed by atoms with E-state index in [1.54, 1.807) is 13.0 Å². The number of ether oxygens (including phenoxy) is 1. The quantitative estimate of drug-likeness (QED) is 0.351. The zero-order chi connectivity index (χ0) is 27.4. The molecule has 1 aromatic carbocycles. The van der Waals surface area contributed by atoms with Gasteiger partial charge in [-0.25, -0.2) is 4.98 Å². The second kappa shape index (κ2) is 15.2. The lowest BCUT2D eigenvalue weighted by Gasteiger charge is -2.13. The number of rotatable bonds is 5. The van der Waals surface area contributed by atoms with E-state index in [-0.39, 0.29) is 11.5 Å². The molecule has 0 aliphatic heterocycles. The molecule has 0 spiro atoms. The Labute approximate surface area is 225 Å². The molecule has 1 aliphatic rings. The SMILES string of the molecule is Cc1c(OCC(F)(F)F)ccnc1CS(=O)c1nc2ccccc2[nH]1.NC1CCCCCCCCCCC1. The first-order valence-electron chi connectivity index (χ1n) is 13.5. The number of benzene rings is 1. The number of H-pyrrole nitrogens is 1. The Kier molecular flexibility index (Phi) is 12.0. The van der Waals surface area contributed by atoms with Crippen LogP contribution in [-0.2, 0) is 16.6 Å². The number of nitrogens with zero attached hydrogens (tertiary/aromatic N) is 2. The summed E-state index contributed by atoms with van der Waals surface area (Å²) in [5.41, 5.74) is 8.30. The molecule has 0 saturated heterocycles. The van der Waals surface area contributed by atoms with Crippen molar-refractivity contribution in [3.8, 4) is 5.75 Å². The fraction of sp³-hybridized carbons (Fsp3) is 0.571. The predicted molar refractivity (Wildman–Crippen MR) is 145 cm³/mol. The number of alkyl halides is 3. The molecule has 0 radical (unpaired) electrons. The van der Waals surface area contributed by atoms with Crippen LogP contribution in [0, 0.1) is 6.92 Å². The number of fused-ring (bicyclic) bond motifs is 1. The number of imidazole rings is 1. The molecule has 0 bridgehead atoms. The molecule has 1 unspecified atom stereocenters. The summed E-state index contributed by atoms with van der Waals surface area (Å²) < 4.78 is 54.2. The molecule has 2 heterocycles. The highest BCUT2D eigenvalue weighted by Crippen LogP contribution is 2.25. The molecule has 3 aromatic rings. The van der Waals surface area contributed by atoms with E-state index < -0.39 is 23.6 Å². The lowest BCUT2D eigenvalue weighted by Crippen LogP contribution is -2.19. The average molecular weight is 553 g/mol. The fourth-order valence-electron chi connectivity index (χ4n) is 4.45. The van der Waals surface area contributed by atoms with Crippen molar-refractivity contribution >= 4 is 21.8 Å².